The maximum absolute atomic E-state index is 13.3. The number of likely N-dealkylation sites (tertiary alicyclic amines) is 1. The van der Waals surface area contributed by atoms with Gasteiger partial charge in [0.05, 0.1) is 23.0 Å². The van der Waals surface area contributed by atoms with Gasteiger partial charge in [-0.05, 0) is 49.2 Å². The van der Waals surface area contributed by atoms with Gasteiger partial charge in [0.1, 0.15) is 12.6 Å². The first kappa shape index (κ1) is 32.5. The molecule has 0 radical (unpaired) electrons. The monoisotopic (exact) mass is 608 g/mol. The van der Waals surface area contributed by atoms with E-state index in [-0.39, 0.29) is 41.0 Å². The van der Waals surface area contributed by atoms with Crippen molar-refractivity contribution in [2.45, 2.75) is 89.2 Å². The van der Waals surface area contributed by atoms with Gasteiger partial charge in [0.25, 0.3) is 5.69 Å². The molecule has 1 unspecified atom stereocenters. The number of amides is 3. The molecule has 0 spiro atoms. The van der Waals surface area contributed by atoms with Crippen molar-refractivity contribution in [2.24, 2.45) is 17.6 Å². The van der Waals surface area contributed by atoms with E-state index in [4.69, 9.17) is 14.9 Å². The molecule has 1 aromatic rings. The molecular formula is C27H40N4O8SSi. The van der Waals surface area contributed by atoms with E-state index in [1.807, 2.05) is 6.92 Å². The van der Waals surface area contributed by atoms with Crippen molar-refractivity contribution in [2.75, 3.05) is 6.54 Å². The molecule has 6 atom stereocenters. The smallest absolute Gasteiger partial charge is 0.410 e. The van der Waals surface area contributed by atoms with Gasteiger partial charge in [0.2, 0.25) is 11.8 Å². The van der Waals surface area contributed by atoms with E-state index < -0.39 is 54.4 Å². The molecule has 0 bridgehead atoms. The van der Waals surface area contributed by atoms with E-state index in [9.17, 15) is 29.3 Å². The molecule has 2 heterocycles. The normalized spacial score (nSPS) is 24.2. The molecule has 2 saturated heterocycles. The van der Waals surface area contributed by atoms with E-state index in [0.29, 0.717) is 12.0 Å². The third-order valence-corrected chi connectivity index (χ3v) is 14.3. The van der Waals surface area contributed by atoms with Gasteiger partial charge in [-0.25, -0.2) is 4.79 Å². The number of thioether (sulfide) groups is 1. The lowest BCUT2D eigenvalue weighted by Gasteiger charge is -2.46. The second kappa shape index (κ2) is 12.5. The summed E-state index contributed by atoms with van der Waals surface area (Å²) in [5.41, 5.74) is 6.10. The Balaban J connectivity index is 1.60. The zero-order valence-corrected chi connectivity index (χ0v) is 26.4. The number of ether oxygens (including phenoxy) is 1. The molecule has 1 aromatic carbocycles. The van der Waals surface area contributed by atoms with Crippen LogP contribution in [0.2, 0.25) is 18.1 Å². The van der Waals surface area contributed by atoms with E-state index in [1.165, 1.54) is 29.2 Å². The number of nitrogens with one attached hydrogen (secondary N) is 1. The average molecular weight is 609 g/mol. The number of benzene rings is 1. The number of β-lactam (4-membered cyclic amide) rings is 1. The molecule has 2 aliphatic heterocycles. The maximum Gasteiger partial charge on any atom is 0.410 e. The summed E-state index contributed by atoms with van der Waals surface area (Å²) in [6, 6.07) is 4.11. The molecule has 0 aliphatic carbocycles. The first-order chi connectivity index (χ1) is 18.9. The number of nitro groups is 1. The minimum atomic E-state index is -2.14. The number of nitrogens with two attached hydrogens (primary N) is 1. The summed E-state index contributed by atoms with van der Waals surface area (Å²) >= 11 is 0.965. The summed E-state index contributed by atoms with van der Waals surface area (Å²) in [4.78, 5) is 62.5. The Morgan fingerprint density at radius 3 is 2.34 bits per heavy atom. The van der Waals surface area contributed by atoms with Gasteiger partial charge in [0.15, 0.2) is 13.4 Å². The third kappa shape index (κ3) is 7.27. The van der Waals surface area contributed by atoms with Crippen LogP contribution in [0.5, 0.6) is 0 Å². The zero-order valence-electron chi connectivity index (χ0n) is 24.5. The number of nitrogens with zero attached hydrogens (tertiary/aromatic N) is 2. The number of carbonyl (C=O) groups excluding carboxylic acids is 4. The van der Waals surface area contributed by atoms with Crippen LogP contribution in [0.4, 0.5) is 10.5 Å². The molecule has 41 heavy (non-hydrogen) atoms. The standard InChI is InChI=1S/C27H40N4O8SSi/c1-15(21-20(24(33)29-21)16(2)39-41(6,7)27(3,4)5)25(34)40-19-12-13-30(22(19)23(28)32)26(35)38-14-17-8-10-18(11-9-17)31(36)37/h8-11,15-16,19-22H,12-14H2,1-7H3,(H2,28,32)(H,29,33)/t15?,16-,19+,20-,21+,22-/m1/s1. The summed E-state index contributed by atoms with van der Waals surface area (Å²) < 4.78 is 11.8. The number of non-ortho nitro benzene ring substituents is 1. The fourth-order valence-electron chi connectivity index (χ4n) is 4.85. The second-order valence-electron chi connectivity index (χ2n) is 12.2. The van der Waals surface area contributed by atoms with Crippen molar-refractivity contribution < 1.29 is 33.3 Å². The molecule has 2 fully saturated rings. The minimum Gasteiger partial charge on any atom is -0.445 e. The summed E-state index contributed by atoms with van der Waals surface area (Å²) in [5, 5.41) is 12.9. The van der Waals surface area contributed by atoms with Crippen LogP contribution in [-0.2, 0) is 30.2 Å². The second-order valence-corrected chi connectivity index (χ2v) is 18.2. The Morgan fingerprint density at radius 1 is 1.22 bits per heavy atom. The van der Waals surface area contributed by atoms with Crippen LogP contribution in [0.15, 0.2) is 24.3 Å². The summed E-state index contributed by atoms with van der Waals surface area (Å²) in [5.74, 6) is -1.92. The predicted molar refractivity (Wildman–Crippen MR) is 156 cm³/mol. The van der Waals surface area contributed by atoms with Gasteiger partial charge in [0, 0.05) is 29.8 Å². The first-order valence-electron chi connectivity index (χ1n) is 13.6. The molecule has 0 aromatic heterocycles. The maximum atomic E-state index is 13.3. The van der Waals surface area contributed by atoms with Crippen LogP contribution >= 0.6 is 11.8 Å². The Morgan fingerprint density at radius 2 is 1.83 bits per heavy atom. The third-order valence-electron chi connectivity index (χ3n) is 8.35. The molecule has 12 nitrogen and oxygen atoms in total. The Labute approximate surface area is 245 Å². The van der Waals surface area contributed by atoms with Crippen LogP contribution in [0.3, 0.4) is 0 Å². The lowest BCUT2D eigenvalue weighted by atomic mass is 9.79. The number of carbonyl (C=O) groups is 4. The lowest BCUT2D eigenvalue weighted by Crippen LogP contribution is -2.66. The van der Waals surface area contributed by atoms with Gasteiger partial charge >= 0.3 is 6.09 Å². The molecule has 3 N–H and O–H groups in total. The van der Waals surface area contributed by atoms with Crippen LogP contribution in [0.1, 0.15) is 46.6 Å². The van der Waals surface area contributed by atoms with Gasteiger partial charge < -0.3 is 20.2 Å². The van der Waals surface area contributed by atoms with Crippen molar-refractivity contribution in [3.63, 3.8) is 0 Å². The minimum absolute atomic E-state index is 0.0324. The summed E-state index contributed by atoms with van der Waals surface area (Å²) in [6.45, 7) is 14.3. The highest BCUT2D eigenvalue weighted by Gasteiger charge is 2.51. The fourth-order valence-corrected chi connectivity index (χ4v) is 7.57. The zero-order chi connectivity index (χ0) is 30.9. The van der Waals surface area contributed by atoms with Crippen molar-refractivity contribution >= 4 is 48.8 Å². The predicted octanol–water partition coefficient (Wildman–Crippen LogP) is 3.58. The average Bonchev–Trinajstić information content (AvgIpc) is 3.28. The van der Waals surface area contributed by atoms with E-state index in [2.05, 4.69) is 39.2 Å². The number of nitro benzene ring substituents is 1. The summed E-state index contributed by atoms with van der Waals surface area (Å²) in [7, 11) is -2.14. The quantitative estimate of drug-likeness (QED) is 0.174. The highest BCUT2D eigenvalue weighted by molar-refractivity contribution is 8.14. The summed E-state index contributed by atoms with van der Waals surface area (Å²) in [6.07, 6.45) is -0.770. The van der Waals surface area contributed by atoms with E-state index in [0.717, 1.165) is 11.8 Å². The lowest BCUT2D eigenvalue weighted by molar-refractivity contribution is -0.384. The molecule has 3 amide bonds. The van der Waals surface area contributed by atoms with E-state index >= 15 is 0 Å². The number of hydrogen-bond acceptors (Lipinski definition) is 9. The van der Waals surface area contributed by atoms with Crippen molar-refractivity contribution in [1.29, 1.82) is 0 Å². The highest BCUT2D eigenvalue weighted by Crippen LogP contribution is 2.40. The van der Waals surface area contributed by atoms with Crippen LogP contribution in [-0.4, -0.2) is 71.1 Å². The molecule has 0 saturated carbocycles. The molecule has 226 valence electrons. The Kier molecular flexibility index (Phi) is 9.91. The molecule has 3 rings (SSSR count). The number of primary amides is 1. The Bertz CT molecular complexity index is 1190. The van der Waals surface area contributed by atoms with Gasteiger partial charge in [-0.1, -0.05) is 39.5 Å². The van der Waals surface area contributed by atoms with Gasteiger partial charge in [-0.3, -0.25) is 29.4 Å². The van der Waals surface area contributed by atoms with Gasteiger partial charge in [-0.2, -0.15) is 0 Å². The van der Waals surface area contributed by atoms with Crippen molar-refractivity contribution in [3.05, 3.63) is 39.9 Å². The van der Waals surface area contributed by atoms with Crippen molar-refractivity contribution in [1.82, 2.24) is 10.2 Å². The fraction of sp³-hybridized carbons (Fsp3) is 0.630. The van der Waals surface area contributed by atoms with Crippen LogP contribution in [0, 0.1) is 22.0 Å². The Hall–Kier alpha value is -2.97. The largest absolute Gasteiger partial charge is 0.445 e. The SMILES string of the molecule is CC(C(=O)S[C@H]1CCN(C(=O)OCc2ccc([N+](=O)[O-])cc2)[C@H]1C(N)=O)[C@@H]1NC(=O)[C@@H]1[C@@H](C)O[Si](C)(C)C(C)(C)C. The first-order valence-corrected chi connectivity index (χ1v) is 17.4. The highest BCUT2D eigenvalue weighted by atomic mass is 32.2. The topological polar surface area (TPSA) is 171 Å². The van der Waals surface area contributed by atoms with E-state index in [1.54, 1.807) is 6.92 Å². The number of hydrogen-bond donors (Lipinski definition) is 2. The molecule has 2 aliphatic rings. The van der Waals surface area contributed by atoms with Crippen LogP contribution in [0.25, 0.3) is 0 Å². The molecule has 14 heteroatoms. The van der Waals surface area contributed by atoms with Crippen LogP contribution < -0.4 is 11.1 Å². The van der Waals surface area contributed by atoms with Gasteiger partial charge in [-0.15, -0.1) is 0 Å². The number of rotatable bonds is 10. The molecular weight excluding hydrogens is 568 g/mol. The van der Waals surface area contributed by atoms with Crippen molar-refractivity contribution in [3.8, 4) is 0 Å².